The molecule has 27 heavy (non-hydrogen) atoms. The number of hydrogen-bond donors (Lipinski definition) is 1. The lowest BCUT2D eigenvalue weighted by molar-refractivity contribution is -0.120. The Labute approximate surface area is 158 Å². The molecule has 1 N–H and O–H groups in total. The quantitative estimate of drug-likeness (QED) is 0.709. The lowest BCUT2D eigenvalue weighted by Gasteiger charge is -2.18. The second-order valence-corrected chi connectivity index (χ2v) is 6.79. The molecule has 0 aromatic heterocycles. The summed E-state index contributed by atoms with van der Waals surface area (Å²) in [5.41, 5.74) is 7.01. The fourth-order valence-corrected chi connectivity index (χ4v) is 3.66. The molecule has 0 atom stereocenters. The molecule has 0 saturated carbocycles. The SMILES string of the molecule is COc1ccc2c(c1)/C(=N/NC(=O)Cc1cccc3ccccc13)CCC2. The molecule has 0 bridgehead atoms. The Bertz CT molecular complexity index is 1020. The van der Waals surface area contributed by atoms with Crippen LogP contribution in [-0.4, -0.2) is 18.7 Å². The van der Waals surface area contributed by atoms with E-state index in [0.717, 1.165) is 52.6 Å². The molecule has 0 heterocycles. The van der Waals surface area contributed by atoms with E-state index in [4.69, 9.17) is 4.74 Å². The van der Waals surface area contributed by atoms with Crippen molar-refractivity contribution >= 4 is 22.4 Å². The average Bonchev–Trinajstić information content (AvgIpc) is 2.72. The van der Waals surface area contributed by atoms with Gasteiger partial charge >= 0.3 is 0 Å². The molecule has 1 aliphatic rings. The number of fused-ring (bicyclic) bond motifs is 2. The molecule has 4 heteroatoms. The van der Waals surface area contributed by atoms with Gasteiger partial charge in [-0.05, 0) is 53.3 Å². The number of aryl methyl sites for hydroxylation is 1. The van der Waals surface area contributed by atoms with Crippen molar-refractivity contribution in [2.75, 3.05) is 7.11 Å². The highest BCUT2D eigenvalue weighted by molar-refractivity contribution is 6.03. The van der Waals surface area contributed by atoms with E-state index < -0.39 is 0 Å². The topological polar surface area (TPSA) is 50.7 Å². The lowest BCUT2D eigenvalue weighted by atomic mass is 9.90. The van der Waals surface area contributed by atoms with Crippen molar-refractivity contribution in [2.45, 2.75) is 25.7 Å². The third-order valence-electron chi connectivity index (χ3n) is 5.03. The van der Waals surface area contributed by atoms with Crippen LogP contribution in [0.1, 0.15) is 29.5 Å². The van der Waals surface area contributed by atoms with Crippen LogP contribution in [0.4, 0.5) is 0 Å². The first-order chi connectivity index (χ1) is 13.2. The molecule has 0 unspecified atom stereocenters. The van der Waals surface area contributed by atoms with E-state index in [0.29, 0.717) is 6.42 Å². The maximum absolute atomic E-state index is 12.5. The summed E-state index contributed by atoms with van der Waals surface area (Å²) in [5, 5.41) is 6.69. The summed E-state index contributed by atoms with van der Waals surface area (Å²) < 4.78 is 5.33. The van der Waals surface area contributed by atoms with E-state index in [1.165, 1.54) is 5.56 Å². The van der Waals surface area contributed by atoms with Gasteiger partial charge in [0.15, 0.2) is 0 Å². The second-order valence-electron chi connectivity index (χ2n) is 6.79. The average molecular weight is 358 g/mol. The molecule has 0 radical (unpaired) electrons. The van der Waals surface area contributed by atoms with E-state index >= 15 is 0 Å². The highest BCUT2D eigenvalue weighted by atomic mass is 16.5. The molecular formula is C23H22N2O2. The van der Waals surface area contributed by atoms with Crippen LogP contribution < -0.4 is 10.2 Å². The van der Waals surface area contributed by atoms with Gasteiger partial charge in [0, 0.05) is 5.56 Å². The van der Waals surface area contributed by atoms with Crippen LogP contribution >= 0.6 is 0 Å². The Morgan fingerprint density at radius 3 is 2.81 bits per heavy atom. The van der Waals surface area contributed by atoms with Gasteiger partial charge in [-0.25, -0.2) is 5.43 Å². The molecule has 1 amide bonds. The molecular weight excluding hydrogens is 336 g/mol. The Morgan fingerprint density at radius 2 is 1.93 bits per heavy atom. The molecule has 0 aliphatic heterocycles. The predicted molar refractivity (Wildman–Crippen MR) is 108 cm³/mol. The zero-order chi connectivity index (χ0) is 18.6. The first kappa shape index (κ1) is 17.3. The Hall–Kier alpha value is -3.14. The number of nitrogens with one attached hydrogen (secondary N) is 1. The summed E-state index contributed by atoms with van der Waals surface area (Å²) in [6.45, 7) is 0. The van der Waals surface area contributed by atoms with Gasteiger partial charge in [-0.15, -0.1) is 0 Å². The van der Waals surface area contributed by atoms with Crippen molar-refractivity contribution in [1.29, 1.82) is 0 Å². The van der Waals surface area contributed by atoms with Gasteiger partial charge in [0.25, 0.3) is 0 Å². The molecule has 0 spiro atoms. The van der Waals surface area contributed by atoms with Crippen LogP contribution in [0.25, 0.3) is 10.8 Å². The highest BCUT2D eigenvalue weighted by Crippen LogP contribution is 2.26. The number of nitrogens with zero attached hydrogens (tertiary/aromatic N) is 1. The van der Waals surface area contributed by atoms with Gasteiger partial charge in [-0.1, -0.05) is 48.5 Å². The number of ether oxygens (including phenoxy) is 1. The zero-order valence-electron chi connectivity index (χ0n) is 15.4. The minimum absolute atomic E-state index is 0.103. The molecule has 4 nitrogen and oxygen atoms in total. The van der Waals surface area contributed by atoms with Crippen LogP contribution in [0, 0.1) is 0 Å². The van der Waals surface area contributed by atoms with Crippen LogP contribution in [0.5, 0.6) is 5.75 Å². The van der Waals surface area contributed by atoms with Gasteiger partial charge in [-0.3, -0.25) is 4.79 Å². The van der Waals surface area contributed by atoms with Crippen LogP contribution in [0.2, 0.25) is 0 Å². The smallest absolute Gasteiger partial charge is 0.244 e. The minimum atomic E-state index is -0.103. The van der Waals surface area contributed by atoms with Crippen molar-refractivity contribution in [3.05, 3.63) is 77.4 Å². The minimum Gasteiger partial charge on any atom is -0.497 e. The zero-order valence-corrected chi connectivity index (χ0v) is 15.4. The largest absolute Gasteiger partial charge is 0.497 e. The predicted octanol–water partition coefficient (Wildman–Crippen LogP) is 4.25. The van der Waals surface area contributed by atoms with Crippen LogP contribution in [0.3, 0.4) is 0 Å². The molecule has 1 aliphatic carbocycles. The van der Waals surface area contributed by atoms with E-state index in [1.807, 2.05) is 42.5 Å². The highest BCUT2D eigenvalue weighted by Gasteiger charge is 2.17. The summed E-state index contributed by atoms with van der Waals surface area (Å²) >= 11 is 0. The number of carbonyl (C=O) groups is 1. The van der Waals surface area contributed by atoms with Crippen molar-refractivity contribution in [3.8, 4) is 5.75 Å². The third-order valence-corrected chi connectivity index (χ3v) is 5.03. The number of hydrogen-bond acceptors (Lipinski definition) is 3. The number of benzene rings is 3. The summed E-state index contributed by atoms with van der Waals surface area (Å²) in [5.74, 6) is 0.708. The van der Waals surface area contributed by atoms with E-state index in [1.54, 1.807) is 7.11 Å². The van der Waals surface area contributed by atoms with E-state index in [2.05, 4.69) is 28.7 Å². The first-order valence-electron chi connectivity index (χ1n) is 9.24. The molecule has 0 saturated heterocycles. The van der Waals surface area contributed by atoms with Gasteiger partial charge in [0.1, 0.15) is 5.75 Å². The molecule has 136 valence electrons. The number of hydrazone groups is 1. The van der Waals surface area contributed by atoms with Gasteiger partial charge in [0.05, 0.1) is 19.2 Å². The van der Waals surface area contributed by atoms with Crippen molar-refractivity contribution in [2.24, 2.45) is 5.10 Å². The van der Waals surface area contributed by atoms with Crippen molar-refractivity contribution < 1.29 is 9.53 Å². The Morgan fingerprint density at radius 1 is 1.07 bits per heavy atom. The summed E-state index contributed by atoms with van der Waals surface area (Å²) in [7, 11) is 1.66. The van der Waals surface area contributed by atoms with Crippen molar-refractivity contribution in [3.63, 3.8) is 0 Å². The number of carbonyl (C=O) groups excluding carboxylic acids is 1. The van der Waals surface area contributed by atoms with Crippen molar-refractivity contribution in [1.82, 2.24) is 5.43 Å². The second kappa shape index (κ2) is 7.62. The van der Waals surface area contributed by atoms with E-state index in [-0.39, 0.29) is 5.91 Å². The fourth-order valence-electron chi connectivity index (χ4n) is 3.66. The van der Waals surface area contributed by atoms with Gasteiger partial charge in [-0.2, -0.15) is 5.10 Å². The molecule has 3 aromatic rings. The maximum Gasteiger partial charge on any atom is 0.244 e. The molecule has 3 aromatic carbocycles. The standard InChI is InChI=1S/C23H22N2O2/c1-27-19-13-12-17-8-5-11-22(21(17)15-19)24-25-23(26)14-18-9-4-7-16-6-2-3-10-20(16)18/h2-4,6-7,9-10,12-13,15H,5,8,11,14H2,1H3,(H,25,26)/b24-22+. The van der Waals surface area contributed by atoms with Crippen LogP contribution in [-0.2, 0) is 17.6 Å². The Balaban J connectivity index is 1.53. The Kier molecular flexibility index (Phi) is 4.88. The van der Waals surface area contributed by atoms with Gasteiger partial charge in [0.2, 0.25) is 5.91 Å². The third kappa shape index (κ3) is 3.70. The first-order valence-corrected chi connectivity index (χ1v) is 9.24. The van der Waals surface area contributed by atoms with E-state index in [9.17, 15) is 4.79 Å². The maximum atomic E-state index is 12.5. The fraction of sp³-hybridized carbons (Fsp3) is 0.217. The van der Waals surface area contributed by atoms with Gasteiger partial charge < -0.3 is 4.74 Å². The number of methoxy groups -OCH3 is 1. The number of amides is 1. The normalized spacial score (nSPS) is 14.8. The summed E-state index contributed by atoms with van der Waals surface area (Å²) in [6.07, 6.45) is 3.23. The molecule has 4 rings (SSSR count). The lowest BCUT2D eigenvalue weighted by Crippen LogP contribution is -2.23. The number of rotatable bonds is 4. The van der Waals surface area contributed by atoms with Crippen LogP contribution in [0.15, 0.2) is 65.8 Å². The molecule has 0 fully saturated rings. The monoisotopic (exact) mass is 358 g/mol. The summed E-state index contributed by atoms with van der Waals surface area (Å²) in [6, 6.07) is 20.2. The summed E-state index contributed by atoms with van der Waals surface area (Å²) in [4.78, 5) is 12.5.